The molecule has 0 saturated heterocycles. The van der Waals surface area contributed by atoms with Gasteiger partial charge in [-0.3, -0.25) is 9.59 Å². The second-order valence-electron chi connectivity index (χ2n) is 10.7. The Hall–Kier alpha value is -1.50. The van der Waals surface area contributed by atoms with Crippen molar-refractivity contribution >= 4 is 11.8 Å². The number of carbonyl (C=O) groups excluding carboxylic acids is 2. The van der Waals surface area contributed by atoms with Crippen LogP contribution in [0.4, 0.5) is 0 Å². The monoisotopic (exact) mass is 418 g/mol. The molecule has 3 N–H and O–H groups in total. The number of allylic oxidation sites excluding steroid dienone is 1. The van der Waals surface area contributed by atoms with Gasteiger partial charge in [-0.25, -0.2) is 0 Å². The van der Waals surface area contributed by atoms with Crippen LogP contribution in [0.25, 0.3) is 0 Å². The first-order valence-corrected chi connectivity index (χ1v) is 11.0. The molecule has 0 heterocycles. The van der Waals surface area contributed by atoms with Crippen LogP contribution in [0, 0.1) is 40.9 Å². The van der Waals surface area contributed by atoms with Gasteiger partial charge in [0.05, 0.1) is 24.2 Å². The fraction of sp³-hybridized carbons (Fsp3) is 0.750. The summed E-state index contributed by atoms with van der Waals surface area (Å²) in [7, 11) is 0. The summed E-state index contributed by atoms with van der Waals surface area (Å²) >= 11 is 0. The predicted molar refractivity (Wildman–Crippen MR) is 110 cm³/mol. The molecule has 6 heteroatoms. The molecule has 0 aromatic carbocycles. The third-order valence-electron chi connectivity index (χ3n) is 8.66. The number of carbonyl (C=O) groups is 2. The van der Waals surface area contributed by atoms with E-state index in [0.717, 1.165) is 5.57 Å². The van der Waals surface area contributed by atoms with Crippen molar-refractivity contribution < 1.29 is 29.6 Å². The van der Waals surface area contributed by atoms with Crippen LogP contribution in [0.15, 0.2) is 23.3 Å². The van der Waals surface area contributed by atoms with Gasteiger partial charge in [0.25, 0.3) is 0 Å². The molecule has 0 amide bonds. The Morgan fingerprint density at radius 2 is 1.90 bits per heavy atom. The Morgan fingerprint density at radius 1 is 1.27 bits per heavy atom. The molecule has 0 spiro atoms. The van der Waals surface area contributed by atoms with Crippen molar-refractivity contribution in [3.63, 3.8) is 0 Å². The van der Waals surface area contributed by atoms with Gasteiger partial charge in [0, 0.05) is 35.0 Å². The van der Waals surface area contributed by atoms with Crippen molar-refractivity contribution in [1.29, 1.82) is 0 Å². The first-order valence-electron chi connectivity index (χ1n) is 11.0. The maximum atomic E-state index is 12.8. The lowest BCUT2D eigenvalue weighted by atomic mass is 9.60. The molecule has 8 atom stereocenters. The first kappa shape index (κ1) is 21.7. The second kappa shape index (κ2) is 6.50. The first-order chi connectivity index (χ1) is 13.9. The van der Waals surface area contributed by atoms with Crippen molar-refractivity contribution in [2.24, 2.45) is 40.9 Å². The number of aliphatic hydroxyl groups excluding tert-OH is 2. The normalized spacial score (nSPS) is 46.3. The topological polar surface area (TPSA) is 104 Å². The minimum atomic E-state index is -1.37. The third kappa shape index (κ3) is 2.41. The molecule has 0 unspecified atom stereocenters. The van der Waals surface area contributed by atoms with Gasteiger partial charge in [-0.1, -0.05) is 46.8 Å². The summed E-state index contributed by atoms with van der Waals surface area (Å²) in [4.78, 5) is 25.4. The largest absolute Gasteiger partial charge is 0.455 e. The Balaban J connectivity index is 1.87. The number of Topliss-reactive ketones (excluding diaryl/α,β-unsaturated/α-hetero) is 1. The van der Waals surface area contributed by atoms with E-state index in [2.05, 4.69) is 0 Å². The van der Waals surface area contributed by atoms with Crippen molar-refractivity contribution in [3.05, 3.63) is 23.3 Å². The van der Waals surface area contributed by atoms with Gasteiger partial charge in [0.1, 0.15) is 5.60 Å². The van der Waals surface area contributed by atoms with Crippen molar-refractivity contribution in [2.75, 3.05) is 6.61 Å². The lowest BCUT2D eigenvalue weighted by Gasteiger charge is -2.51. The van der Waals surface area contributed by atoms with E-state index in [1.54, 1.807) is 27.7 Å². The minimum Gasteiger partial charge on any atom is -0.455 e. The molecule has 0 aromatic heterocycles. The quantitative estimate of drug-likeness (QED) is 0.479. The molecule has 4 aliphatic carbocycles. The van der Waals surface area contributed by atoms with E-state index in [0.29, 0.717) is 12.0 Å². The van der Waals surface area contributed by atoms with Crippen LogP contribution in [0.2, 0.25) is 0 Å². The van der Waals surface area contributed by atoms with Crippen LogP contribution in [0.5, 0.6) is 0 Å². The number of hydrogen-bond donors (Lipinski definition) is 3. The van der Waals surface area contributed by atoms with Crippen molar-refractivity contribution in [3.8, 4) is 0 Å². The number of esters is 1. The van der Waals surface area contributed by atoms with Gasteiger partial charge in [-0.15, -0.1) is 0 Å². The fourth-order valence-corrected chi connectivity index (χ4v) is 6.89. The average Bonchev–Trinajstić information content (AvgIpc) is 3.08. The molecule has 2 saturated carbocycles. The highest BCUT2D eigenvalue weighted by molar-refractivity contribution is 5.99. The molecule has 2 fully saturated rings. The van der Waals surface area contributed by atoms with Crippen LogP contribution in [-0.2, 0) is 14.3 Å². The van der Waals surface area contributed by atoms with Gasteiger partial charge < -0.3 is 20.1 Å². The van der Waals surface area contributed by atoms with E-state index < -0.39 is 46.4 Å². The van der Waals surface area contributed by atoms with Gasteiger partial charge >= 0.3 is 5.97 Å². The van der Waals surface area contributed by atoms with Crippen LogP contribution < -0.4 is 0 Å². The standard InChI is InChI=1S/C24H34O6/c1-11(2)21(28)30-24-19(22(24,5)6)17-9-14(10-25)8-15-16(7-12(3)18(15)26)23(17,29)13(4)20(24)27/h7,9,11,13,15-17,19-20,25,27,29H,8,10H2,1-6H3/t13-,15-,16-,17+,19-,20-,23+,24-/m1/s1. The summed E-state index contributed by atoms with van der Waals surface area (Å²) in [5.74, 6) is -2.99. The van der Waals surface area contributed by atoms with Crippen LogP contribution in [0.3, 0.4) is 0 Å². The highest BCUT2D eigenvalue weighted by Gasteiger charge is 2.86. The molecule has 0 aromatic rings. The zero-order valence-corrected chi connectivity index (χ0v) is 18.7. The Bertz CT molecular complexity index is 854. The van der Waals surface area contributed by atoms with Gasteiger partial charge in [0.15, 0.2) is 5.78 Å². The summed E-state index contributed by atoms with van der Waals surface area (Å²) in [5, 5.41) is 33.6. The minimum absolute atomic E-state index is 0.00626. The molecule has 4 rings (SSSR count). The zero-order valence-electron chi connectivity index (χ0n) is 18.7. The Labute approximate surface area is 178 Å². The number of rotatable bonds is 3. The molecule has 6 nitrogen and oxygen atoms in total. The lowest BCUT2D eigenvalue weighted by molar-refractivity contribution is -0.210. The molecule has 0 radical (unpaired) electrons. The predicted octanol–water partition coefficient (Wildman–Crippen LogP) is 2.02. The van der Waals surface area contributed by atoms with E-state index in [9.17, 15) is 24.9 Å². The van der Waals surface area contributed by atoms with E-state index in [-0.39, 0.29) is 30.2 Å². The van der Waals surface area contributed by atoms with Gasteiger partial charge in [-0.2, -0.15) is 0 Å². The maximum absolute atomic E-state index is 12.8. The summed E-state index contributed by atoms with van der Waals surface area (Å²) in [6.07, 6.45) is 3.08. The molecular formula is C24H34O6. The zero-order chi connectivity index (χ0) is 22.4. The van der Waals surface area contributed by atoms with Gasteiger partial charge in [0.2, 0.25) is 0 Å². The summed E-state index contributed by atoms with van der Waals surface area (Å²) < 4.78 is 6.00. The third-order valence-corrected chi connectivity index (χ3v) is 8.66. The van der Waals surface area contributed by atoms with Crippen molar-refractivity contribution in [2.45, 2.75) is 65.3 Å². The van der Waals surface area contributed by atoms with Crippen LogP contribution >= 0.6 is 0 Å². The van der Waals surface area contributed by atoms with Crippen LogP contribution in [0.1, 0.15) is 48.0 Å². The SMILES string of the molecule is CC1=C[C@@H]2[C@@H](CC(CO)=C[C@H]3[C@@H]4C(C)(C)[C@]4(OC(=O)C(C)C)[C@H](O)[C@@H](C)[C@]23O)C1=O. The number of aliphatic hydroxyl groups is 3. The average molecular weight is 419 g/mol. The number of fused-ring (bicyclic) bond motifs is 5. The van der Waals surface area contributed by atoms with E-state index in [1.807, 2.05) is 26.0 Å². The molecule has 0 bridgehead atoms. The molecule has 4 aliphatic rings. The van der Waals surface area contributed by atoms with E-state index in [1.165, 1.54) is 0 Å². The molecule has 166 valence electrons. The highest BCUT2D eigenvalue weighted by Crippen LogP contribution is 2.76. The molecule has 0 aliphatic heterocycles. The van der Waals surface area contributed by atoms with E-state index in [4.69, 9.17) is 4.74 Å². The number of ketones is 1. The van der Waals surface area contributed by atoms with E-state index >= 15 is 0 Å². The molecule has 30 heavy (non-hydrogen) atoms. The van der Waals surface area contributed by atoms with Crippen molar-refractivity contribution in [1.82, 2.24) is 0 Å². The Kier molecular flexibility index (Phi) is 4.71. The number of hydrogen-bond acceptors (Lipinski definition) is 6. The number of ether oxygens (including phenoxy) is 1. The summed E-state index contributed by atoms with van der Waals surface area (Å²) in [5.41, 5.74) is -1.68. The summed E-state index contributed by atoms with van der Waals surface area (Å²) in [6, 6.07) is 0. The lowest BCUT2D eigenvalue weighted by Crippen LogP contribution is -2.62. The smallest absolute Gasteiger partial charge is 0.309 e. The Morgan fingerprint density at radius 3 is 2.47 bits per heavy atom. The van der Waals surface area contributed by atoms with Crippen LogP contribution in [-0.4, -0.2) is 51.0 Å². The second-order valence-corrected chi connectivity index (χ2v) is 10.7. The summed E-state index contributed by atoms with van der Waals surface area (Å²) in [6.45, 7) is 10.8. The fourth-order valence-electron chi connectivity index (χ4n) is 6.89. The molecular weight excluding hydrogens is 384 g/mol. The highest BCUT2D eigenvalue weighted by atomic mass is 16.6. The van der Waals surface area contributed by atoms with Gasteiger partial charge in [-0.05, 0) is 24.5 Å². The maximum Gasteiger partial charge on any atom is 0.309 e.